The number of carbonyl (C=O) groups is 1. The van der Waals surface area contributed by atoms with Crippen LogP contribution < -0.4 is 4.90 Å². The minimum absolute atomic E-state index is 0.204. The Kier molecular flexibility index (Phi) is 6.54. The summed E-state index contributed by atoms with van der Waals surface area (Å²) in [6, 6.07) is 6.85. The molecule has 0 atom stereocenters. The summed E-state index contributed by atoms with van der Waals surface area (Å²) >= 11 is 0. The second kappa shape index (κ2) is 8.87. The Morgan fingerprint density at radius 1 is 1.00 bits per heavy atom. The maximum Gasteiger partial charge on any atom is 0.322 e. The lowest BCUT2D eigenvalue weighted by Crippen LogP contribution is -2.47. The van der Waals surface area contributed by atoms with Crippen molar-refractivity contribution in [1.82, 2.24) is 9.96 Å². The Morgan fingerprint density at radius 2 is 1.62 bits per heavy atom. The molecule has 2 heterocycles. The number of rotatable bonds is 5. The summed E-state index contributed by atoms with van der Waals surface area (Å²) in [5.74, 6) is 0.560. The fourth-order valence-corrected chi connectivity index (χ4v) is 4.20. The van der Waals surface area contributed by atoms with Crippen molar-refractivity contribution in [2.24, 2.45) is 5.92 Å². The molecule has 0 radical (unpaired) electrons. The van der Waals surface area contributed by atoms with Gasteiger partial charge in [-0.05, 0) is 68.8 Å². The van der Waals surface area contributed by atoms with Crippen LogP contribution in [0.25, 0.3) is 0 Å². The third-order valence-electron chi connectivity index (χ3n) is 5.63. The summed E-state index contributed by atoms with van der Waals surface area (Å²) in [5.41, 5.74) is 4.07. The fourth-order valence-electron chi connectivity index (χ4n) is 4.20. The predicted molar refractivity (Wildman–Crippen MR) is 105 cm³/mol. The van der Waals surface area contributed by atoms with Gasteiger partial charge in [-0.1, -0.05) is 6.07 Å². The Hall–Kier alpha value is -1.59. The number of piperidine rings is 1. The number of hydrogen-bond donors (Lipinski definition) is 0. The lowest BCUT2D eigenvalue weighted by Gasteiger charge is -2.37. The molecule has 0 N–H and O–H groups in total. The van der Waals surface area contributed by atoms with E-state index in [4.69, 9.17) is 4.84 Å². The number of piperazine rings is 1. The van der Waals surface area contributed by atoms with E-state index < -0.39 is 0 Å². The highest BCUT2D eigenvalue weighted by Crippen LogP contribution is 2.23. The summed E-state index contributed by atoms with van der Waals surface area (Å²) in [6.07, 6.45) is 3.53. The molecule has 1 aromatic rings. The van der Waals surface area contributed by atoms with Crippen LogP contribution in [0.2, 0.25) is 0 Å². The Morgan fingerprint density at radius 3 is 2.19 bits per heavy atom. The van der Waals surface area contributed by atoms with Crippen molar-refractivity contribution < 1.29 is 9.63 Å². The van der Waals surface area contributed by atoms with E-state index in [1.165, 1.54) is 36.7 Å². The molecule has 2 aliphatic heterocycles. The van der Waals surface area contributed by atoms with Gasteiger partial charge in [-0.2, -0.15) is 0 Å². The van der Waals surface area contributed by atoms with E-state index in [2.05, 4.69) is 41.8 Å². The Labute approximate surface area is 157 Å². The van der Waals surface area contributed by atoms with E-state index in [1.807, 2.05) is 5.06 Å². The van der Waals surface area contributed by atoms with Crippen molar-refractivity contribution in [3.63, 3.8) is 0 Å². The number of aryl methyl sites for hydroxylation is 2. The molecule has 2 aliphatic rings. The van der Waals surface area contributed by atoms with Crippen LogP contribution in [0.5, 0.6) is 0 Å². The minimum Gasteiger partial charge on any atom is -0.369 e. The summed E-state index contributed by atoms with van der Waals surface area (Å²) < 4.78 is 0. The number of benzene rings is 1. The van der Waals surface area contributed by atoms with Gasteiger partial charge in [0.05, 0.1) is 0 Å². The van der Waals surface area contributed by atoms with Crippen molar-refractivity contribution in [3.05, 3.63) is 29.3 Å². The van der Waals surface area contributed by atoms with Gasteiger partial charge in [0.2, 0.25) is 0 Å². The molecule has 26 heavy (non-hydrogen) atoms. The van der Waals surface area contributed by atoms with Gasteiger partial charge in [0, 0.05) is 51.9 Å². The second-order valence-corrected chi connectivity index (χ2v) is 7.92. The average Bonchev–Trinajstić information content (AvgIpc) is 2.60. The maximum atomic E-state index is 11.0. The third kappa shape index (κ3) is 5.45. The molecule has 3 rings (SSSR count). The summed E-state index contributed by atoms with van der Waals surface area (Å²) in [5, 5.41) is 1.82. The van der Waals surface area contributed by atoms with E-state index >= 15 is 0 Å². The van der Waals surface area contributed by atoms with Crippen LogP contribution in [0.15, 0.2) is 18.2 Å². The molecule has 0 unspecified atom stereocenters. The monoisotopic (exact) mass is 359 g/mol. The van der Waals surface area contributed by atoms with Crippen LogP contribution in [-0.2, 0) is 9.63 Å². The van der Waals surface area contributed by atoms with Gasteiger partial charge in [0.15, 0.2) is 0 Å². The average molecular weight is 360 g/mol. The SMILES string of the molecule is CC(=O)ON1CCC(CCN2CCN(c3cc(C)cc(C)c3)CC2)CC1. The number of nitrogens with zero attached hydrogens (tertiary/aromatic N) is 3. The first-order valence-corrected chi connectivity index (χ1v) is 9.98. The van der Waals surface area contributed by atoms with E-state index in [1.54, 1.807) is 0 Å². The van der Waals surface area contributed by atoms with E-state index in [-0.39, 0.29) is 5.97 Å². The molecule has 0 aliphatic carbocycles. The molecule has 0 aromatic heterocycles. The smallest absolute Gasteiger partial charge is 0.322 e. The highest BCUT2D eigenvalue weighted by Gasteiger charge is 2.23. The third-order valence-corrected chi connectivity index (χ3v) is 5.63. The molecule has 0 bridgehead atoms. The standard InChI is InChI=1S/C21H33N3O2/c1-17-14-18(2)16-21(15-17)23-12-10-22(11-13-23)7-4-20-5-8-24(9-6-20)26-19(3)25/h14-16,20H,4-13H2,1-3H3. The van der Waals surface area contributed by atoms with Crippen LogP contribution in [-0.4, -0.2) is 61.7 Å². The van der Waals surface area contributed by atoms with Crippen LogP contribution >= 0.6 is 0 Å². The number of anilines is 1. The lowest BCUT2D eigenvalue weighted by molar-refractivity contribution is -0.194. The van der Waals surface area contributed by atoms with Crippen LogP contribution in [0.3, 0.4) is 0 Å². The molecule has 2 fully saturated rings. The number of carbonyl (C=O) groups excluding carboxylic acids is 1. The first-order valence-electron chi connectivity index (χ1n) is 9.98. The van der Waals surface area contributed by atoms with Gasteiger partial charge in [-0.15, -0.1) is 5.06 Å². The molecular weight excluding hydrogens is 326 g/mol. The zero-order chi connectivity index (χ0) is 18.5. The largest absolute Gasteiger partial charge is 0.369 e. The van der Waals surface area contributed by atoms with Crippen molar-refractivity contribution in [1.29, 1.82) is 0 Å². The Balaban J connectivity index is 1.37. The molecule has 0 spiro atoms. The quantitative estimate of drug-likeness (QED) is 0.808. The van der Waals surface area contributed by atoms with E-state index in [0.29, 0.717) is 0 Å². The van der Waals surface area contributed by atoms with Gasteiger partial charge in [-0.25, -0.2) is 0 Å². The summed E-state index contributed by atoms with van der Waals surface area (Å²) in [7, 11) is 0. The lowest BCUT2D eigenvalue weighted by atomic mass is 9.94. The first kappa shape index (κ1) is 19.2. The van der Waals surface area contributed by atoms with E-state index in [9.17, 15) is 4.79 Å². The molecule has 1 aromatic carbocycles. The maximum absolute atomic E-state index is 11.0. The Bertz CT molecular complexity index is 583. The molecule has 5 heteroatoms. The highest BCUT2D eigenvalue weighted by molar-refractivity contribution is 5.65. The van der Waals surface area contributed by atoms with Gasteiger partial charge in [-0.3, -0.25) is 9.69 Å². The number of hydrogen-bond acceptors (Lipinski definition) is 5. The van der Waals surface area contributed by atoms with Crippen molar-refractivity contribution in [3.8, 4) is 0 Å². The zero-order valence-corrected chi connectivity index (χ0v) is 16.5. The summed E-state index contributed by atoms with van der Waals surface area (Å²) in [4.78, 5) is 21.3. The molecule has 2 saturated heterocycles. The van der Waals surface area contributed by atoms with Crippen LogP contribution in [0, 0.1) is 19.8 Å². The van der Waals surface area contributed by atoms with Gasteiger partial charge in [0.1, 0.15) is 0 Å². The van der Waals surface area contributed by atoms with Gasteiger partial charge in [0.25, 0.3) is 0 Å². The molecule has 5 nitrogen and oxygen atoms in total. The molecule has 144 valence electrons. The topological polar surface area (TPSA) is 36.0 Å². The molecule has 0 amide bonds. The van der Waals surface area contributed by atoms with Crippen LogP contribution in [0.4, 0.5) is 5.69 Å². The van der Waals surface area contributed by atoms with Crippen molar-refractivity contribution in [2.75, 3.05) is 50.7 Å². The normalized spacial score (nSPS) is 20.3. The van der Waals surface area contributed by atoms with Crippen molar-refractivity contribution >= 4 is 11.7 Å². The molecular formula is C21H33N3O2. The first-order chi connectivity index (χ1) is 12.5. The fraction of sp³-hybridized carbons (Fsp3) is 0.667. The highest BCUT2D eigenvalue weighted by atomic mass is 16.7. The number of hydroxylamine groups is 2. The van der Waals surface area contributed by atoms with Gasteiger partial charge < -0.3 is 9.74 Å². The minimum atomic E-state index is -0.204. The van der Waals surface area contributed by atoms with Gasteiger partial charge >= 0.3 is 5.97 Å². The predicted octanol–water partition coefficient (Wildman–Crippen LogP) is 3.01. The van der Waals surface area contributed by atoms with Crippen LogP contribution in [0.1, 0.15) is 37.3 Å². The van der Waals surface area contributed by atoms with E-state index in [0.717, 1.165) is 58.0 Å². The zero-order valence-electron chi connectivity index (χ0n) is 16.5. The van der Waals surface area contributed by atoms with Crippen molar-refractivity contribution in [2.45, 2.75) is 40.0 Å². The summed E-state index contributed by atoms with van der Waals surface area (Å²) in [6.45, 7) is 13.3. The molecule has 0 saturated carbocycles. The second-order valence-electron chi connectivity index (χ2n) is 7.92.